The van der Waals surface area contributed by atoms with Crippen LogP contribution in [0.5, 0.6) is 5.88 Å². The fourth-order valence-corrected chi connectivity index (χ4v) is 1.46. The minimum absolute atomic E-state index is 0.237. The lowest BCUT2D eigenvalue weighted by molar-refractivity contribution is 0.0727. The third-order valence-corrected chi connectivity index (χ3v) is 2.37. The van der Waals surface area contributed by atoms with Crippen LogP contribution in [0, 0.1) is 6.92 Å². The number of hydrogen-bond donors (Lipinski definition) is 0. The summed E-state index contributed by atoms with van der Waals surface area (Å²) in [6.07, 6.45) is 1.43. The van der Waals surface area contributed by atoms with Crippen molar-refractivity contribution >= 4 is 17.6 Å². The van der Waals surface area contributed by atoms with Crippen molar-refractivity contribution in [2.24, 2.45) is 0 Å². The van der Waals surface area contributed by atoms with Gasteiger partial charge in [0, 0.05) is 12.3 Å². The van der Waals surface area contributed by atoms with E-state index in [1.54, 1.807) is 30.3 Å². The number of carbonyl (C=O) groups is 1. The Labute approximate surface area is 104 Å². The Morgan fingerprint density at radius 2 is 2.12 bits per heavy atom. The van der Waals surface area contributed by atoms with Crippen molar-refractivity contribution in [2.75, 3.05) is 0 Å². The van der Waals surface area contributed by atoms with Crippen LogP contribution in [-0.4, -0.2) is 11.0 Å². The molecule has 0 N–H and O–H groups in total. The molecule has 17 heavy (non-hydrogen) atoms. The molecule has 1 heterocycles. The minimum Gasteiger partial charge on any atom is -0.404 e. The van der Waals surface area contributed by atoms with Crippen molar-refractivity contribution < 1.29 is 9.53 Å². The highest BCUT2D eigenvalue weighted by molar-refractivity contribution is 6.30. The van der Waals surface area contributed by atoms with Crippen LogP contribution in [-0.2, 0) is 0 Å². The van der Waals surface area contributed by atoms with Crippen LogP contribution in [0.25, 0.3) is 0 Å². The van der Waals surface area contributed by atoms with Crippen molar-refractivity contribution in [3.63, 3.8) is 0 Å². The molecule has 0 aliphatic carbocycles. The Morgan fingerprint density at radius 3 is 2.76 bits per heavy atom. The van der Waals surface area contributed by atoms with Crippen LogP contribution < -0.4 is 4.74 Å². The zero-order valence-corrected chi connectivity index (χ0v) is 9.94. The molecule has 0 bridgehead atoms. The number of nitrogens with zero attached hydrogens (tertiary/aromatic N) is 1. The van der Waals surface area contributed by atoms with Gasteiger partial charge in [-0.3, -0.25) is 0 Å². The SMILES string of the molecule is Cc1cccc(C(=O)Oc2ccc(Cl)cn2)c1. The molecule has 4 heteroatoms. The number of aryl methyl sites for hydroxylation is 1. The van der Waals surface area contributed by atoms with E-state index < -0.39 is 5.97 Å². The Hall–Kier alpha value is -1.87. The number of rotatable bonds is 2. The number of hydrogen-bond acceptors (Lipinski definition) is 3. The Balaban J connectivity index is 2.14. The lowest BCUT2D eigenvalue weighted by Crippen LogP contribution is -2.09. The summed E-state index contributed by atoms with van der Waals surface area (Å²) in [4.78, 5) is 15.6. The van der Waals surface area contributed by atoms with Gasteiger partial charge >= 0.3 is 5.97 Å². The molecule has 2 aromatic rings. The van der Waals surface area contributed by atoms with Gasteiger partial charge in [0.25, 0.3) is 0 Å². The van der Waals surface area contributed by atoms with Crippen molar-refractivity contribution in [3.05, 3.63) is 58.7 Å². The van der Waals surface area contributed by atoms with Crippen LogP contribution in [0.2, 0.25) is 5.02 Å². The molecule has 0 saturated carbocycles. The quantitative estimate of drug-likeness (QED) is 0.765. The lowest BCUT2D eigenvalue weighted by atomic mass is 10.1. The monoisotopic (exact) mass is 247 g/mol. The van der Waals surface area contributed by atoms with Gasteiger partial charge in [0.2, 0.25) is 5.88 Å². The standard InChI is InChI=1S/C13H10ClNO2/c1-9-3-2-4-10(7-9)13(16)17-12-6-5-11(14)8-15-12/h2-8H,1H3. The summed E-state index contributed by atoms with van der Waals surface area (Å²) in [5.74, 6) is -0.190. The Morgan fingerprint density at radius 1 is 1.29 bits per heavy atom. The van der Waals surface area contributed by atoms with E-state index in [4.69, 9.17) is 16.3 Å². The van der Waals surface area contributed by atoms with Crippen LogP contribution >= 0.6 is 11.6 Å². The topological polar surface area (TPSA) is 39.2 Å². The highest BCUT2D eigenvalue weighted by Crippen LogP contribution is 2.13. The maximum atomic E-state index is 11.8. The van der Waals surface area contributed by atoms with Gasteiger partial charge in [-0.2, -0.15) is 0 Å². The molecule has 0 aliphatic heterocycles. The highest BCUT2D eigenvalue weighted by atomic mass is 35.5. The van der Waals surface area contributed by atoms with Gasteiger partial charge < -0.3 is 4.74 Å². The molecule has 0 saturated heterocycles. The van der Waals surface area contributed by atoms with Gasteiger partial charge in [-0.25, -0.2) is 9.78 Å². The van der Waals surface area contributed by atoms with E-state index in [-0.39, 0.29) is 5.88 Å². The van der Waals surface area contributed by atoms with Crippen molar-refractivity contribution in [1.29, 1.82) is 0 Å². The molecule has 0 aliphatic rings. The average molecular weight is 248 g/mol. The second-order valence-electron chi connectivity index (χ2n) is 3.57. The molecular formula is C13H10ClNO2. The van der Waals surface area contributed by atoms with Gasteiger partial charge in [-0.15, -0.1) is 0 Å². The predicted octanol–water partition coefficient (Wildman–Crippen LogP) is 3.26. The van der Waals surface area contributed by atoms with E-state index in [0.29, 0.717) is 10.6 Å². The number of benzene rings is 1. The summed E-state index contributed by atoms with van der Waals surface area (Å²) < 4.78 is 5.10. The third kappa shape index (κ3) is 3.04. The minimum atomic E-state index is -0.427. The van der Waals surface area contributed by atoms with E-state index in [9.17, 15) is 4.79 Å². The second kappa shape index (κ2) is 4.97. The fourth-order valence-electron chi connectivity index (χ4n) is 1.35. The summed E-state index contributed by atoms with van der Waals surface area (Å²) in [5.41, 5.74) is 1.50. The number of pyridine rings is 1. The molecule has 1 aromatic heterocycles. The summed E-state index contributed by atoms with van der Waals surface area (Å²) in [6.45, 7) is 1.91. The first-order valence-electron chi connectivity index (χ1n) is 5.05. The van der Waals surface area contributed by atoms with Crippen LogP contribution in [0.15, 0.2) is 42.6 Å². The van der Waals surface area contributed by atoms with Gasteiger partial charge in [0.1, 0.15) is 0 Å². The molecule has 2 rings (SSSR count). The first-order chi connectivity index (χ1) is 8.15. The normalized spacial score (nSPS) is 10.0. The second-order valence-corrected chi connectivity index (χ2v) is 4.01. The number of esters is 1. The van der Waals surface area contributed by atoms with Crippen LogP contribution in [0.3, 0.4) is 0 Å². The molecule has 0 atom stereocenters. The zero-order chi connectivity index (χ0) is 12.3. The van der Waals surface area contributed by atoms with Crippen molar-refractivity contribution in [1.82, 2.24) is 4.98 Å². The van der Waals surface area contributed by atoms with Crippen LogP contribution in [0.4, 0.5) is 0 Å². The fraction of sp³-hybridized carbons (Fsp3) is 0.0769. The largest absolute Gasteiger partial charge is 0.404 e. The molecule has 0 radical (unpaired) electrons. The number of carbonyl (C=O) groups excluding carboxylic acids is 1. The molecule has 0 amide bonds. The molecule has 0 spiro atoms. The molecular weight excluding hydrogens is 238 g/mol. The zero-order valence-electron chi connectivity index (χ0n) is 9.18. The Kier molecular flexibility index (Phi) is 3.40. The Bertz CT molecular complexity index is 537. The van der Waals surface area contributed by atoms with E-state index in [1.165, 1.54) is 6.20 Å². The van der Waals surface area contributed by atoms with Gasteiger partial charge in [-0.1, -0.05) is 29.3 Å². The maximum absolute atomic E-state index is 11.8. The average Bonchev–Trinajstić information content (AvgIpc) is 2.32. The molecule has 86 valence electrons. The molecule has 0 unspecified atom stereocenters. The summed E-state index contributed by atoms with van der Waals surface area (Å²) in [5, 5.41) is 0.500. The van der Waals surface area contributed by atoms with E-state index in [1.807, 2.05) is 13.0 Å². The summed E-state index contributed by atoms with van der Waals surface area (Å²) in [7, 11) is 0. The van der Waals surface area contributed by atoms with Crippen LogP contribution in [0.1, 0.15) is 15.9 Å². The third-order valence-electron chi connectivity index (χ3n) is 2.15. The maximum Gasteiger partial charge on any atom is 0.344 e. The van der Waals surface area contributed by atoms with Gasteiger partial charge in [0.05, 0.1) is 10.6 Å². The molecule has 3 nitrogen and oxygen atoms in total. The van der Waals surface area contributed by atoms with Crippen molar-refractivity contribution in [2.45, 2.75) is 6.92 Å². The number of ether oxygens (including phenoxy) is 1. The lowest BCUT2D eigenvalue weighted by Gasteiger charge is -2.03. The first kappa shape index (κ1) is 11.6. The smallest absolute Gasteiger partial charge is 0.344 e. The van der Waals surface area contributed by atoms with E-state index >= 15 is 0 Å². The number of halogens is 1. The predicted molar refractivity (Wildman–Crippen MR) is 65.4 cm³/mol. The van der Waals surface area contributed by atoms with E-state index in [0.717, 1.165) is 5.56 Å². The molecule has 0 fully saturated rings. The van der Waals surface area contributed by atoms with Gasteiger partial charge in [0.15, 0.2) is 0 Å². The summed E-state index contributed by atoms with van der Waals surface area (Å²) >= 11 is 5.68. The summed E-state index contributed by atoms with van der Waals surface area (Å²) in [6, 6.07) is 10.4. The van der Waals surface area contributed by atoms with E-state index in [2.05, 4.69) is 4.98 Å². The highest BCUT2D eigenvalue weighted by Gasteiger charge is 2.08. The first-order valence-corrected chi connectivity index (χ1v) is 5.43. The van der Waals surface area contributed by atoms with Gasteiger partial charge in [-0.05, 0) is 25.1 Å². The van der Waals surface area contributed by atoms with Crippen molar-refractivity contribution in [3.8, 4) is 5.88 Å². The number of aromatic nitrogens is 1. The molecule has 1 aromatic carbocycles.